The lowest BCUT2D eigenvalue weighted by Crippen LogP contribution is -2.36. The molecule has 21 heteroatoms. The van der Waals surface area contributed by atoms with Gasteiger partial charge in [0.2, 0.25) is 0 Å². The van der Waals surface area contributed by atoms with Crippen molar-refractivity contribution in [2.75, 3.05) is 21.1 Å². The molecule has 6 aromatic carbocycles. The molecule has 2 heterocycles. The number of thioether (sulfide) groups is 2. The highest BCUT2D eigenvalue weighted by Gasteiger charge is 2.43. The first kappa shape index (κ1) is 66.0. The number of ether oxygens (including phenoxy) is 1. The van der Waals surface area contributed by atoms with Crippen molar-refractivity contribution in [2.45, 2.75) is 134 Å². The first-order valence-corrected chi connectivity index (χ1v) is 32.3. The number of aryl methyl sites for hydroxylation is 4. The van der Waals surface area contributed by atoms with Crippen molar-refractivity contribution < 1.29 is 19.1 Å². The zero-order valence-electron chi connectivity index (χ0n) is 46.8. The monoisotopic (exact) mass is 1320 g/mol. The number of benzene rings is 6. The van der Waals surface area contributed by atoms with Crippen molar-refractivity contribution >= 4 is 174 Å². The lowest BCUT2D eigenvalue weighted by Gasteiger charge is -2.20. The molecule has 2 fully saturated rings. The molecule has 0 bridgehead atoms. The van der Waals surface area contributed by atoms with Crippen LogP contribution in [0.4, 0.5) is 28.4 Å². The van der Waals surface area contributed by atoms with Gasteiger partial charge in [0, 0.05) is 14.9 Å². The van der Waals surface area contributed by atoms with Crippen LogP contribution in [0.1, 0.15) is 107 Å². The van der Waals surface area contributed by atoms with Crippen molar-refractivity contribution in [3.8, 4) is 5.75 Å². The molecule has 0 saturated carbocycles. The first-order chi connectivity index (χ1) is 39.8. The number of carbonyl (C=O) groups excluding carboxylic acids is 3. The molecule has 3 unspecified atom stereocenters. The van der Waals surface area contributed by atoms with Crippen molar-refractivity contribution in [1.29, 1.82) is 0 Å². The highest BCUT2D eigenvalue weighted by molar-refractivity contribution is 8.01. The zero-order chi connectivity index (χ0) is 59.9. The number of amides is 3. The van der Waals surface area contributed by atoms with Crippen LogP contribution in [0.2, 0.25) is 40.2 Å². The fourth-order valence-electron chi connectivity index (χ4n) is 9.06. The molecule has 2 aliphatic rings. The van der Waals surface area contributed by atoms with Gasteiger partial charge in [0.15, 0.2) is 6.10 Å². The Morgan fingerprint density at radius 3 is 1.54 bits per heavy atom. The number of nitrogens with zero attached hydrogens (tertiary/aromatic N) is 4. The number of aliphatic imine (C=N–C) groups is 2. The number of para-hydroxylation sites is 1. The number of halogens is 8. The second-order valence-electron chi connectivity index (χ2n) is 20.1. The predicted octanol–water partition coefficient (Wildman–Crippen LogP) is 20.0. The van der Waals surface area contributed by atoms with E-state index in [-0.39, 0.29) is 43.5 Å². The smallest absolute Gasteiger partial charge is 0.267 e. The van der Waals surface area contributed by atoms with E-state index in [0.29, 0.717) is 71.6 Å². The lowest BCUT2D eigenvalue weighted by molar-refractivity contribution is -0.123. The van der Waals surface area contributed by atoms with E-state index in [4.69, 9.17) is 108 Å². The zero-order valence-corrected chi connectivity index (χ0v) is 54.5. The van der Waals surface area contributed by atoms with Crippen LogP contribution in [-0.4, -0.2) is 51.7 Å². The van der Waals surface area contributed by atoms with Crippen molar-refractivity contribution in [3.05, 3.63) is 166 Å². The molecule has 11 nitrogen and oxygen atoms in total. The Morgan fingerprint density at radius 1 is 0.578 bits per heavy atom. The van der Waals surface area contributed by atoms with E-state index < -0.39 is 16.6 Å². The molecular weight excluding hydrogens is 1250 g/mol. The summed E-state index contributed by atoms with van der Waals surface area (Å²) in [4.78, 5) is 51.2. The highest BCUT2D eigenvalue weighted by atomic mass is 35.5. The summed E-state index contributed by atoms with van der Waals surface area (Å²) >= 11 is 53.8. The summed E-state index contributed by atoms with van der Waals surface area (Å²) in [5, 5.41) is 6.83. The Kier molecular flexibility index (Phi) is 25.3. The molecule has 440 valence electrons. The van der Waals surface area contributed by atoms with Gasteiger partial charge < -0.3 is 10.1 Å². The number of carbonyl (C=O) groups is 3. The number of hydrogen-bond acceptors (Lipinski definition) is 8. The number of anilines is 3. The molecule has 3 N–H and O–H groups in total. The molecule has 3 atom stereocenters. The van der Waals surface area contributed by atoms with Crippen LogP contribution in [-0.2, 0) is 14.4 Å². The van der Waals surface area contributed by atoms with E-state index in [1.165, 1.54) is 85.3 Å². The van der Waals surface area contributed by atoms with Crippen LogP contribution in [0.5, 0.6) is 5.75 Å². The quantitative estimate of drug-likeness (QED) is 0.0541. The number of unbranched alkanes of at least 4 members (excludes halogenated alkanes) is 9. The molecule has 8 rings (SSSR count). The predicted molar refractivity (Wildman–Crippen MR) is 354 cm³/mol. The Bertz CT molecular complexity index is 3320. The van der Waals surface area contributed by atoms with Gasteiger partial charge in [-0.3, -0.25) is 25.2 Å². The van der Waals surface area contributed by atoms with Crippen LogP contribution < -0.4 is 30.9 Å². The molecule has 2 saturated heterocycles. The second kappa shape index (κ2) is 31.8. The second-order valence-corrected chi connectivity index (χ2v) is 25.8. The van der Waals surface area contributed by atoms with Crippen LogP contribution in [0.15, 0.2) is 118 Å². The summed E-state index contributed by atoms with van der Waals surface area (Å²) in [6.07, 6.45) is 12.4. The van der Waals surface area contributed by atoms with Gasteiger partial charge in [-0.25, -0.2) is 20.0 Å². The first-order valence-electron chi connectivity index (χ1n) is 27.4. The fraction of sp³-hybridized carbons (Fsp3) is 0.339. The SMILES string of the molecule is CCC(Oc1ccc(C)cc1C)C(=O)Nc1ccccc1SC1C(=O)N(c2c(Cl)cc(Cl)cc2Cl)NC1=Nc1cc(C)ccc1Cl.CCCCCCCCCCCCSC1C(=O)N(c2c(Cl)cc(Cl)cc2Cl)NC1=Nc1cc(C)ccc1Cl. The number of nitrogens with one attached hydrogen (secondary N) is 3. The van der Waals surface area contributed by atoms with E-state index in [1.54, 1.807) is 42.1 Å². The van der Waals surface area contributed by atoms with Gasteiger partial charge in [0.25, 0.3) is 17.7 Å². The molecule has 3 amide bonds. The molecule has 0 aromatic heterocycles. The van der Waals surface area contributed by atoms with Gasteiger partial charge >= 0.3 is 0 Å². The van der Waals surface area contributed by atoms with Crippen molar-refractivity contribution in [3.63, 3.8) is 0 Å². The minimum atomic E-state index is -0.883. The summed E-state index contributed by atoms with van der Waals surface area (Å²) < 4.78 is 6.12. The number of amidine groups is 2. The van der Waals surface area contributed by atoms with Gasteiger partial charge in [0.1, 0.15) is 39.3 Å². The van der Waals surface area contributed by atoms with Crippen LogP contribution in [0.3, 0.4) is 0 Å². The molecule has 0 spiro atoms. The average molecular weight is 1320 g/mol. The topological polar surface area (TPSA) is 128 Å². The lowest BCUT2D eigenvalue weighted by atomic mass is 10.1. The summed E-state index contributed by atoms with van der Waals surface area (Å²) in [6.45, 7) is 12.0. The third-order valence-corrected chi connectivity index (χ3v) is 18.2. The van der Waals surface area contributed by atoms with Crippen LogP contribution >= 0.6 is 116 Å². The molecule has 6 aromatic rings. The molecule has 83 heavy (non-hydrogen) atoms. The van der Waals surface area contributed by atoms with Gasteiger partial charge in [-0.15, -0.1) is 23.5 Å². The summed E-state index contributed by atoms with van der Waals surface area (Å²) in [5.74, 6) is 1.44. The number of hydrazine groups is 2. The third-order valence-electron chi connectivity index (χ3n) is 13.4. The Morgan fingerprint density at radius 2 is 1.04 bits per heavy atom. The van der Waals surface area contributed by atoms with Gasteiger partial charge in [0.05, 0.1) is 47.2 Å². The Balaban J connectivity index is 0.000000245. The van der Waals surface area contributed by atoms with Gasteiger partial charge in [-0.1, -0.05) is 206 Å². The normalized spacial score (nSPS) is 16.3. The third kappa shape index (κ3) is 18.0. The molecular formula is C62H65Cl8N7O4S2. The van der Waals surface area contributed by atoms with E-state index in [9.17, 15) is 14.4 Å². The summed E-state index contributed by atoms with van der Waals surface area (Å²) in [6, 6.07) is 30.3. The van der Waals surface area contributed by atoms with E-state index in [2.05, 4.69) is 23.1 Å². The van der Waals surface area contributed by atoms with E-state index >= 15 is 0 Å². The maximum absolute atomic E-state index is 14.1. The van der Waals surface area contributed by atoms with E-state index in [1.807, 2.05) is 95.3 Å². The average Bonchev–Trinajstić information content (AvgIpc) is 3.98. The minimum Gasteiger partial charge on any atom is -0.480 e. The maximum Gasteiger partial charge on any atom is 0.267 e. The number of hydrogen-bond donors (Lipinski definition) is 3. The van der Waals surface area contributed by atoms with Crippen molar-refractivity contribution in [1.82, 2.24) is 10.9 Å². The summed E-state index contributed by atoms with van der Waals surface area (Å²) in [5.41, 5.74) is 12.4. The minimum absolute atomic E-state index is 0.175. The van der Waals surface area contributed by atoms with Crippen molar-refractivity contribution in [2.24, 2.45) is 9.98 Å². The largest absolute Gasteiger partial charge is 0.480 e. The maximum atomic E-state index is 14.1. The van der Waals surface area contributed by atoms with Gasteiger partial charge in [-0.05, 0) is 130 Å². The standard InChI is InChI=1S/C34H30Cl4N4O3S.C28H35Cl4N3OS/c1-5-27(45-28-13-11-18(2)14-20(28)4)33(43)40-25-8-6-7-9-29(25)46-31-32(39-26-15-19(3)10-12-22(26)36)41-42(34(31)44)30-23(37)16-21(35)17-24(30)38;1-3-4-5-6-7-8-9-10-11-12-15-37-26-27(33-24-16-19(2)13-14-21(24)30)34-35(28(26)36)25-22(31)17-20(29)18-23(25)32/h6-17,27,31H,5H2,1-4H3,(H,39,41)(H,40,43);13-14,16-18,26H,3-12,15H2,1-2H3,(H,33,34). The van der Waals surface area contributed by atoms with E-state index in [0.717, 1.165) is 40.8 Å². The van der Waals surface area contributed by atoms with Gasteiger partial charge in [-0.2, -0.15) is 0 Å². The molecule has 0 radical (unpaired) electrons. The molecule has 2 aliphatic heterocycles. The van der Waals surface area contributed by atoms with Crippen LogP contribution in [0, 0.1) is 27.7 Å². The fourth-order valence-corrected chi connectivity index (χ4v) is 13.6. The summed E-state index contributed by atoms with van der Waals surface area (Å²) in [7, 11) is 0. The number of rotatable bonds is 23. The molecule has 0 aliphatic carbocycles. The Labute approximate surface area is 535 Å². The van der Waals surface area contributed by atoms with Crippen LogP contribution in [0.25, 0.3) is 0 Å². The Hall–Kier alpha value is -4.51. The highest BCUT2D eigenvalue weighted by Crippen LogP contribution is 2.43.